The maximum atomic E-state index is 6.32. The minimum atomic E-state index is -0.941. The Morgan fingerprint density at radius 3 is 1.82 bits per heavy atom. The number of rotatable bonds is 3. The molecule has 0 radical (unpaired) electrons. The van der Waals surface area contributed by atoms with Gasteiger partial charge in [0.2, 0.25) is 0 Å². The summed E-state index contributed by atoms with van der Waals surface area (Å²) in [6, 6.07) is 8.12. The first-order valence-electron chi connectivity index (χ1n) is 6.11. The molecule has 0 aliphatic carbocycles. The lowest BCUT2D eigenvalue weighted by Gasteiger charge is -2.45. The van der Waals surface area contributed by atoms with E-state index < -0.39 is 8.80 Å². The molecule has 0 bridgehead atoms. The van der Waals surface area contributed by atoms with Crippen LogP contribution in [0.5, 0.6) is 5.75 Å². The second kappa shape index (κ2) is 5.15. The van der Waals surface area contributed by atoms with E-state index >= 15 is 0 Å². The van der Waals surface area contributed by atoms with Crippen molar-refractivity contribution in [1.29, 1.82) is 0 Å². The Bertz CT molecular complexity index is 367. The number of ether oxygens (including phenoxy) is 1. The Balaban J connectivity index is 2.99. The fourth-order valence-corrected chi connectivity index (χ4v) is 4.25. The molecule has 0 aliphatic rings. The minimum Gasteiger partial charge on any atom is -0.491 e. The highest BCUT2D eigenvalue weighted by molar-refractivity contribution is 9.10. The van der Waals surface area contributed by atoms with Crippen LogP contribution in [0.15, 0.2) is 28.7 Å². The normalized spacial score (nSPS) is 15.8. The van der Waals surface area contributed by atoms with Crippen LogP contribution in [0.1, 0.15) is 27.7 Å². The average molecular weight is 315 g/mol. The summed E-state index contributed by atoms with van der Waals surface area (Å²) in [4.78, 5) is 0. The van der Waals surface area contributed by atoms with Gasteiger partial charge in [-0.05, 0) is 36.6 Å². The summed E-state index contributed by atoms with van der Waals surface area (Å²) in [6.07, 6.45) is 0. The molecule has 0 saturated carbocycles. The second-order valence-corrected chi connectivity index (χ2v) is 10.4. The summed E-state index contributed by atoms with van der Waals surface area (Å²) in [7, 11) is -0.941. The van der Waals surface area contributed by atoms with Gasteiger partial charge in [-0.1, -0.05) is 49.8 Å². The van der Waals surface area contributed by atoms with Gasteiger partial charge in [-0.2, -0.15) is 0 Å². The number of halogens is 1. The number of hydrogen-bond acceptors (Lipinski definition) is 1. The van der Waals surface area contributed by atoms with Gasteiger partial charge in [0.1, 0.15) is 5.75 Å². The molecule has 17 heavy (non-hydrogen) atoms. The Kier molecular flexibility index (Phi) is 4.47. The maximum absolute atomic E-state index is 6.32. The largest absolute Gasteiger partial charge is 0.491 e. The first kappa shape index (κ1) is 14.8. The molecule has 1 atom stereocenters. The first-order chi connectivity index (χ1) is 7.67. The zero-order valence-corrected chi connectivity index (χ0v) is 14.4. The standard InChI is InChI=1S/C14H23BrOSi/c1-13(2,3)14(4,17(5)6)16-12-9-7-11(15)8-10-12/h7-10,17H,1-6H3. The van der Waals surface area contributed by atoms with Gasteiger partial charge in [0.15, 0.2) is 0 Å². The highest BCUT2D eigenvalue weighted by atomic mass is 79.9. The molecular weight excluding hydrogens is 292 g/mol. The van der Waals surface area contributed by atoms with Crippen molar-refractivity contribution in [3.05, 3.63) is 28.7 Å². The van der Waals surface area contributed by atoms with Crippen LogP contribution in [0.4, 0.5) is 0 Å². The van der Waals surface area contributed by atoms with E-state index in [0.717, 1.165) is 10.2 Å². The summed E-state index contributed by atoms with van der Waals surface area (Å²) in [6.45, 7) is 13.7. The molecule has 0 aromatic heterocycles. The van der Waals surface area contributed by atoms with E-state index in [1.807, 2.05) is 24.3 Å². The van der Waals surface area contributed by atoms with E-state index in [-0.39, 0.29) is 10.6 Å². The van der Waals surface area contributed by atoms with Gasteiger partial charge < -0.3 is 4.74 Å². The van der Waals surface area contributed by atoms with Crippen molar-refractivity contribution in [1.82, 2.24) is 0 Å². The molecular formula is C14H23BrOSi. The van der Waals surface area contributed by atoms with Crippen molar-refractivity contribution in [2.45, 2.75) is 46.0 Å². The molecule has 1 aromatic carbocycles. The molecule has 0 amide bonds. The smallest absolute Gasteiger partial charge is 0.119 e. The summed E-state index contributed by atoms with van der Waals surface area (Å²) >= 11 is 3.45. The number of hydrogen-bond donors (Lipinski definition) is 0. The van der Waals surface area contributed by atoms with Gasteiger partial charge in [-0.3, -0.25) is 0 Å². The SMILES string of the molecule is C[SiH](C)C(C)(Oc1ccc(Br)cc1)C(C)(C)C. The quantitative estimate of drug-likeness (QED) is 0.737. The molecule has 1 nitrogen and oxygen atoms in total. The fraction of sp³-hybridized carbons (Fsp3) is 0.571. The van der Waals surface area contributed by atoms with E-state index in [1.165, 1.54) is 0 Å². The van der Waals surface area contributed by atoms with Gasteiger partial charge in [-0.25, -0.2) is 0 Å². The van der Waals surface area contributed by atoms with Gasteiger partial charge in [-0.15, -0.1) is 0 Å². The zero-order chi connectivity index (χ0) is 13.3. The van der Waals surface area contributed by atoms with E-state index in [0.29, 0.717) is 0 Å². The minimum absolute atomic E-state index is 0.0408. The third kappa shape index (κ3) is 3.35. The molecule has 1 aromatic rings. The Hall–Kier alpha value is -0.283. The third-order valence-electron chi connectivity index (χ3n) is 3.73. The summed E-state index contributed by atoms with van der Waals surface area (Å²) in [5.74, 6) is 0.965. The van der Waals surface area contributed by atoms with E-state index in [4.69, 9.17) is 4.74 Å². The van der Waals surface area contributed by atoms with Crippen molar-refractivity contribution >= 4 is 24.7 Å². The van der Waals surface area contributed by atoms with Crippen molar-refractivity contribution < 1.29 is 4.74 Å². The van der Waals surface area contributed by atoms with Crippen LogP contribution < -0.4 is 4.74 Å². The summed E-state index contributed by atoms with van der Waals surface area (Å²) in [5, 5.41) is -0.0408. The zero-order valence-electron chi connectivity index (χ0n) is 11.7. The third-order valence-corrected chi connectivity index (χ3v) is 7.45. The average Bonchev–Trinajstić information content (AvgIpc) is 2.19. The lowest BCUT2D eigenvalue weighted by atomic mass is 9.89. The number of benzene rings is 1. The topological polar surface area (TPSA) is 9.23 Å². The molecule has 0 saturated heterocycles. The molecule has 0 aliphatic heterocycles. The van der Waals surface area contributed by atoms with E-state index in [2.05, 4.69) is 56.7 Å². The van der Waals surface area contributed by atoms with E-state index in [9.17, 15) is 0 Å². The van der Waals surface area contributed by atoms with Crippen molar-refractivity contribution in [3.8, 4) is 5.75 Å². The van der Waals surface area contributed by atoms with Crippen LogP contribution in [0, 0.1) is 5.41 Å². The fourth-order valence-electron chi connectivity index (χ4n) is 1.88. The van der Waals surface area contributed by atoms with Crippen LogP contribution in [0.2, 0.25) is 13.1 Å². The van der Waals surface area contributed by atoms with Crippen LogP contribution in [-0.2, 0) is 0 Å². The molecule has 1 unspecified atom stereocenters. The van der Waals surface area contributed by atoms with Crippen molar-refractivity contribution in [3.63, 3.8) is 0 Å². The van der Waals surface area contributed by atoms with Gasteiger partial charge in [0, 0.05) is 4.47 Å². The Morgan fingerprint density at radius 2 is 1.47 bits per heavy atom. The van der Waals surface area contributed by atoms with Crippen molar-refractivity contribution in [2.24, 2.45) is 5.41 Å². The van der Waals surface area contributed by atoms with Crippen LogP contribution in [0.25, 0.3) is 0 Å². The van der Waals surface area contributed by atoms with Crippen LogP contribution >= 0.6 is 15.9 Å². The molecule has 0 heterocycles. The lowest BCUT2D eigenvalue weighted by molar-refractivity contribution is 0.0541. The molecule has 0 fully saturated rings. The first-order valence-corrected chi connectivity index (χ1v) is 9.79. The Morgan fingerprint density at radius 1 is 1.00 bits per heavy atom. The molecule has 0 N–H and O–H groups in total. The highest BCUT2D eigenvalue weighted by Gasteiger charge is 2.43. The molecule has 3 heteroatoms. The maximum Gasteiger partial charge on any atom is 0.119 e. The summed E-state index contributed by atoms with van der Waals surface area (Å²) < 4.78 is 7.41. The molecule has 96 valence electrons. The van der Waals surface area contributed by atoms with Gasteiger partial charge >= 0.3 is 0 Å². The summed E-state index contributed by atoms with van der Waals surface area (Å²) in [5.41, 5.74) is 0.153. The van der Waals surface area contributed by atoms with Crippen molar-refractivity contribution in [2.75, 3.05) is 0 Å². The predicted octanol–water partition coefficient (Wildman–Crippen LogP) is 4.66. The monoisotopic (exact) mass is 314 g/mol. The van der Waals surface area contributed by atoms with Crippen LogP contribution in [0.3, 0.4) is 0 Å². The highest BCUT2D eigenvalue weighted by Crippen LogP contribution is 2.37. The van der Waals surface area contributed by atoms with Gasteiger partial charge in [0.25, 0.3) is 0 Å². The van der Waals surface area contributed by atoms with Crippen LogP contribution in [-0.4, -0.2) is 14.0 Å². The predicted molar refractivity (Wildman–Crippen MR) is 81.5 cm³/mol. The van der Waals surface area contributed by atoms with E-state index in [1.54, 1.807) is 0 Å². The molecule has 0 spiro atoms. The lowest BCUT2D eigenvalue weighted by Crippen LogP contribution is -2.55. The Labute approximate surface area is 115 Å². The van der Waals surface area contributed by atoms with Gasteiger partial charge in [0.05, 0.1) is 14.0 Å². The second-order valence-electron chi connectivity index (χ2n) is 6.07. The molecule has 1 rings (SSSR count).